The monoisotopic (exact) mass is 420 g/mol. The number of carbonyl (C=O) groups is 2. The van der Waals surface area contributed by atoms with Crippen molar-refractivity contribution in [3.63, 3.8) is 0 Å². The standard InChI is InChI=1S/C28H36O3/c1-27-16-14-21(29)18-20(27)9-10-22-23-11-12-25(28(23,2)17-15-24(22)27)31-26(30)13-8-19-6-4-3-5-7-19/h3-7,18,22-25H,8-17H2,1-2H3/t22-,23-,24-,25+,27-,28-/m0/s1. The first kappa shape index (κ1) is 21.0. The van der Waals surface area contributed by atoms with Crippen molar-refractivity contribution in [2.24, 2.45) is 28.6 Å². The average molecular weight is 421 g/mol. The van der Waals surface area contributed by atoms with Crippen LogP contribution in [0.1, 0.15) is 77.2 Å². The van der Waals surface area contributed by atoms with Crippen LogP contribution < -0.4 is 0 Å². The Morgan fingerprint density at radius 2 is 1.81 bits per heavy atom. The summed E-state index contributed by atoms with van der Waals surface area (Å²) >= 11 is 0. The molecule has 3 heteroatoms. The van der Waals surface area contributed by atoms with E-state index in [1.807, 2.05) is 24.3 Å². The van der Waals surface area contributed by atoms with Crippen molar-refractivity contribution in [3.05, 3.63) is 47.5 Å². The zero-order chi connectivity index (χ0) is 21.6. The quantitative estimate of drug-likeness (QED) is 0.556. The van der Waals surface area contributed by atoms with Crippen molar-refractivity contribution in [2.45, 2.75) is 84.2 Å². The molecule has 0 unspecified atom stereocenters. The van der Waals surface area contributed by atoms with Gasteiger partial charge in [-0.2, -0.15) is 0 Å². The molecule has 1 aromatic carbocycles. The van der Waals surface area contributed by atoms with Crippen molar-refractivity contribution in [1.29, 1.82) is 0 Å². The van der Waals surface area contributed by atoms with Gasteiger partial charge < -0.3 is 4.74 Å². The van der Waals surface area contributed by atoms with Crippen LogP contribution in [0.25, 0.3) is 0 Å². The van der Waals surface area contributed by atoms with Gasteiger partial charge in [0.15, 0.2) is 5.78 Å². The van der Waals surface area contributed by atoms with Gasteiger partial charge in [-0.15, -0.1) is 0 Å². The van der Waals surface area contributed by atoms with Crippen LogP contribution in [0.5, 0.6) is 0 Å². The Morgan fingerprint density at radius 1 is 1.00 bits per heavy atom. The van der Waals surface area contributed by atoms with Gasteiger partial charge in [0.2, 0.25) is 0 Å². The van der Waals surface area contributed by atoms with Crippen LogP contribution in [0.3, 0.4) is 0 Å². The largest absolute Gasteiger partial charge is 0.462 e. The molecule has 4 aliphatic carbocycles. The molecule has 3 nitrogen and oxygen atoms in total. The zero-order valence-electron chi connectivity index (χ0n) is 19.1. The van der Waals surface area contributed by atoms with E-state index in [2.05, 4.69) is 26.0 Å². The molecular weight excluding hydrogens is 384 g/mol. The number of benzene rings is 1. The Morgan fingerprint density at radius 3 is 2.61 bits per heavy atom. The molecule has 3 fully saturated rings. The average Bonchev–Trinajstić information content (AvgIpc) is 3.10. The molecule has 0 N–H and O–H groups in total. The minimum absolute atomic E-state index is 0.0375. The number of ether oxygens (including phenoxy) is 1. The number of allylic oxidation sites excluding steroid dienone is 1. The van der Waals surface area contributed by atoms with Gasteiger partial charge in [0.25, 0.3) is 0 Å². The minimum Gasteiger partial charge on any atom is -0.462 e. The van der Waals surface area contributed by atoms with Gasteiger partial charge in [-0.25, -0.2) is 0 Å². The lowest BCUT2D eigenvalue weighted by Crippen LogP contribution is -2.51. The summed E-state index contributed by atoms with van der Waals surface area (Å²) in [7, 11) is 0. The van der Waals surface area contributed by atoms with Gasteiger partial charge >= 0.3 is 5.97 Å². The summed E-state index contributed by atoms with van der Waals surface area (Å²) in [5.74, 6) is 2.34. The van der Waals surface area contributed by atoms with Crippen molar-refractivity contribution < 1.29 is 14.3 Å². The number of hydrogen-bond donors (Lipinski definition) is 0. The summed E-state index contributed by atoms with van der Waals surface area (Å²) < 4.78 is 6.14. The summed E-state index contributed by atoms with van der Waals surface area (Å²) in [4.78, 5) is 24.7. The normalized spacial score (nSPS) is 39.2. The molecule has 5 rings (SSSR count). The Kier molecular flexibility index (Phi) is 5.35. The van der Waals surface area contributed by atoms with Crippen molar-refractivity contribution in [1.82, 2.24) is 0 Å². The van der Waals surface area contributed by atoms with Crippen LogP contribution in [0.2, 0.25) is 0 Å². The first-order valence-electron chi connectivity index (χ1n) is 12.4. The first-order chi connectivity index (χ1) is 14.9. The number of rotatable bonds is 4. The molecule has 6 atom stereocenters. The van der Waals surface area contributed by atoms with E-state index in [1.54, 1.807) is 0 Å². The molecule has 0 radical (unpaired) electrons. The number of hydrogen-bond acceptors (Lipinski definition) is 3. The van der Waals surface area contributed by atoms with E-state index >= 15 is 0 Å². The minimum atomic E-state index is -0.0375. The Labute approximate surface area is 186 Å². The summed E-state index contributed by atoms with van der Waals surface area (Å²) in [5.41, 5.74) is 2.95. The topological polar surface area (TPSA) is 43.4 Å². The molecule has 0 spiro atoms. The maximum atomic E-state index is 12.7. The van der Waals surface area contributed by atoms with E-state index in [0.717, 1.165) is 32.1 Å². The first-order valence-corrected chi connectivity index (χ1v) is 12.4. The molecular formula is C28H36O3. The second kappa shape index (κ2) is 7.90. The summed E-state index contributed by atoms with van der Waals surface area (Å²) in [5, 5.41) is 0. The highest BCUT2D eigenvalue weighted by atomic mass is 16.5. The third kappa shape index (κ3) is 3.58. The molecule has 1 aromatic rings. The van der Waals surface area contributed by atoms with E-state index < -0.39 is 0 Å². The number of fused-ring (bicyclic) bond motifs is 5. The van der Waals surface area contributed by atoms with E-state index in [1.165, 1.54) is 30.4 Å². The van der Waals surface area contributed by atoms with Crippen molar-refractivity contribution >= 4 is 11.8 Å². The third-order valence-corrected chi connectivity index (χ3v) is 9.61. The summed E-state index contributed by atoms with van der Waals surface area (Å²) in [6, 6.07) is 10.2. The van der Waals surface area contributed by atoms with Crippen LogP contribution in [0.15, 0.2) is 42.0 Å². The Hall–Kier alpha value is -1.90. The molecule has 0 heterocycles. The van der Waals surface area contributed by atoms with Crippen LogP contribution in [-0.2, 0) is 20.7 Å². The highest BCUT2D eigenvalue weighted by Crippen LogP contribution is 2.65. The fourth-order valence-electron chi connectivity index (χ4n) is 7.81. The van der Waals surface area contributed by atoms with E-state index in [0.29, 0.717) is 36.4 Å². The lowest BCUT2D eigenvalue weighted by atomic mass is 9.47. The van der Waals surface area contributed by atoms with Crippen LogP contribution in [0.4, 0.5) is 0 Å². The van der Waals surface area contributed by atoms with Crippen molar-refractivity contribution in [2.75, 3.05) is 0 Å². The van der Waals surface area contributed by atoms with Gasteiger partial charge in [0.05, 0.1) is 0 Å². The van der Waals surface area contributed by atoms with E-state index in [4.69, 9.17) is 4.74 Å². The van der Waals surface area contributed by atoms with Gasteiger partial charge in [-0.05, 0) is 86.2 Å². The van der Waals surface area contributed by atoms with Gasteiger partial charge in [-0.1, -0.05) is 49.8 Å². The predicted molar refractivity (Wildman–Crippen MR) is 121 cm³/mol. The highest BCUT2D eigenvalue weighted by Gasteiger charge is 2.59. The second-order valence-electron chi connectivity index (χ2n) is 11.1. The number of ketones is 1. The molecule has 4 aliphatic rings. The number of carbonyl (C=O) groups excluding carboxylic acids is 2. The molecule has 166 valence electrons. The van der Waals surface area contributed by atoms with E-state index in [9.17, 15) is 9.59 Å². The number of esters is 1. The summed E-state index contributed by atoms with van der Waals surface area (Å²) in [6.07, 6.45) is 11.8. The fraction of sp³-hybridized carbons (Fsp3) is 0.643. The molecule has 0 saturated heterocycles. The zero-order valence-corrected chi connectivity index (χ0v) is 19.1. The SMILES string of the molecule is C[C@]12CC[C@H]3[C@@H](CCC4=CC(=O)CC[C@@]43C)[C@@H]1CC[C@H]2OC(=O)CCc1ccccc1. The van der Waals surface area contributed by atoms with Crippen LogP contribution in [0, 0.1) is 28.6 Å². The maximum Gasteiger partial charge on any atom is 0.306 e. The Balaban J connectivity index is 1.26. The Bertz CT molecular complexity index is 887. The molecule has 31 heavy (non-hydrogen) atoms. The maximum absolute atomic E-state index is 12.7. The fourth-order valence-corrected chi connectivity index (χ4v) is 7.81. The third-order valence-electron chi connectivity index (χ3n) is 9.61. The molecule has 0 aromatic heterocycles. The molecule has 0 amide bonds. The van der Waals surface area contributed by atoms with Gasteiger partial charge in [0, 0.05) is 18.3 Å². The van der Waals surface area contributed by atoms with Gasteiger partial charge in [0.1, 0.15) is 6.10 Å². The van der Waals surface area contributed by atoms with Gasteiger partial charge in [-0.3, -0.25) is 9.59 Å². The molecule has 0 bridgehead atoms. The lowest BCUT2D eigenvalue weighted by molar-refractivity contribution is -0.159. The lowest BCUT2D eigenvalue weighted by Gasteiger charge is -2.57. The summed E-state index contributed by atoms with van der Waals surface area (Å²) in [6.45, 7) is 4.83. The number of aryl methyl sites for hydroxylation is 1. The van der Waals surface area contributed by atoms with Crippen LogP contribution >= 0.6 is 0 Å². The second-order valence-corrected chi connectivity index (χ2v) is 11.1. The smallest absolute Gasteiger partial charge is 0.306 e. The predicted octanol–water partition coefficient (Wildman–Crippen LogP) is 6.06. The van der Waals surface area contributed by atoms with Crippen molar-refractivity contribution in [3.8, 4) is 0 Å². The molecule has 0 aliphatic heterocycles. The highest BCUT2D eigenvalue weighted by molar-refractivity contribution is 5.91. The van der Waals surface area contributed by atoms with E-state index in [-0.39, 0.29) is 22.9 Å². The molecule has 3 saturated carbocycles. The van der Waals surface area contributed by atoms with Crippen LogP contribution in [-0.4, -0.2) is 17.9 Å².